The molecular formula is C14H24N2O3. The monoisotopic (exact) mass is 268 g/mol. The van der Waals surface area contributed by atoms with Crippen LogP contribution in [0.4, 0.5) is 0 Å². The number of nitrogens with zero attached hydrogens (tertiary/aromatic N) is 2. The highest BCUT2D eigenvalue weighted by atomic mass is 16.4. The van der Waals surface area contributed by atoms with E-state index in [1.165, 1.54) is 6.42 Å². The van der Waals surface area contributed by atoms with Gasteiger partial charge in [-0.1, -0.05) is 0 Å². The molecule has 0 radical (unpaired) electrons. The molecule has 2 saturated heterocycles. The molecule has 2 fully saturated rings. The van der Waals surface area contributed by atoms with E-state index in [-0.39, 0.29) is 17.9 Å². The Bertz CT molecular complexity index is 359. The second kappa shape index (κ2) is 5.90. The summed E-state index contributed by atoms with van der Waals surface area (Å²) in [7, 11) is 0. The van der Waals surface area contributed by atoms with Crippen molar-refractivity contribution in [3.8, 4) is 0 Å². The predicted octanol–water partition coefficient (Wildman–Crippen LogP) is 1.18. The number of carboxylic acids is 1. The van der Waals surface area contributed by atoms with Crippen LogP contribution in [0.1, 0.15) is 39.5 Å². The normalized spacial score (nSPS) is 32.5. The first-order valence-corrected chi connectivity index (χ1v) is 7.27. The average Bonchev–Trinajstić information content (AvgIpc) is 2.71. The van der Waals surface area contributed by atoms with Crippen LogP contribution < -0.4 is 0 Å². The van der Waals surface area contributed by atoms with Crippen molar-refractivity contribution in [3.63, 3.8) is 0 Å². The maximum Gasteiger partial charge on any atom is 0.308 e. The molecule has 0 saturated carbocycles. The molecule has 2 aliphatic heterocycles. The summed E-state index contributed by atoms with van der Waals surface area (Å²) in [5.74, 6) is -0.912. The number of carbonyl (C=O) groups is 2. The van der Waals surface area contributed by atoms with Gasteiger partial charge < -0.3 is 10.0 Å². The van der Waals surface area contributed by atoms with Gasteiger partial charge in [-0.05, 0) is 46.1 Å². The number of rotatable bonds is 3. The minimum absolute atomic E-state index is 0.0402. The third-order valence-electron chi connectivity index (χ3n) is 4.66. The van der Waals surface area contributed by atoms with Gasteiger partial charge in [-0.15, -0.1) is 0 Å². The molecule has 3 atom stereocenters. The fourth-order valence-electron chi connectivity index (χ4n) is 3.29. The summed E-state index contributed by atoms with van der Waals surface area (Å²) in [6.07, 6.45) is 4.02. The maximum atomic E-state index is 12.3. The van der Waals surface area contributed by atoms with Gasteiger partial charge in [-0.2, -0.15) is 0 Å². The van der Waals surface area contributed by atoms with E-state index >= 15 is 0 Å². The standard InChI is InChI=1S/C14H24N2O3/c1-10-5-3-4-7-16(10)13(17)9-15-8-6-12(11(15)2)14(18)19/h10-12H,3-9H2,1-2H3,(H,18,19). The van der Waals surface area contributed by atoms with Crippen LogP contribution >= 0.6 is 0 Å². The number of likely N-dealkylation sites (tertiary alicyclic amines) is 2. The highest BCUT2D eigenvalue weighted by Gasteiger charge is 2.37. The summed E-state index contributed by atoms with van der Waals surface area (Å²) in [6.45, 7) is 5.95. The van der Waals surface area contributed by atoms with Gasteiger partial charge in [0.15, 0.2) is 0 Å². The predicted molar refractivity (Wildman–Crippen MR) is 71.8 cm³/mol. The third kappa shape index (κ3) is 3.08. The highest BCUT2D eigenvalue weighted by molar-refractivity contribution is 5.79. The molecule has 0 aromatic heterocycles. The first kappa shape index (κ1) is 14.3. The number of aliphatic carboxylic acids is 1. The quantitative estimate of drug-likeness (QED) is 0.835. The molecule has 2 aliphatic rings. The van der Waals surface area contributed by atoms with Crippen molar-refractivity contribution in [2.45, 2.75) is 51.6 Å². The fraction of sp³-hybridized carbons (Fsp3) is 0.857. The van der Waals surface area contributed by atoms with Gasteiger partial charge in [-0.25, -0.2) is 0 Å². The molecule has 5 nitrogen and oxygen atoms in total. The summed E-state index contributed by atoms with van der Waals surface area (Å²) < 4.78 is 0. The van der Waals surface area contributed by atoms with E-state index in [1.54, 1.807) is 0 Å². The Hall–Kier alpha value is -1.10. The van der Waals surface area contributed by atoms with Gasteiger partial charge in [0.1, 0.15) is 0 Å². The second-order valence-corrected chi connectivity index (χ2v) is 5.88. The lowest BCUT2D eigenvalue weighted by Gasteiger charge is -2.35. The lowest BCUT2D eigenvalue weighted by Crippen LogP contribution is -2.48. The molecule has 2 heterocycles. The highest BCUT2D eigenvalue weighted by Crippen LogP contribution is 2.25. The molecule has 2 rings (SSSR count). The van der Waals surface area contributed by atoms with Crippen molar-refractivity contribution in [2.75, 3.05) is 19.6 Å². The molecule has 0 aromatic rings. The lowest BCUT2D eigenvalue weighted by molar-refractivity contribution is -0.143. The maximum absolute atomic E-state index is 12.3. The van der Waals surface area contributed by atoms with Crippen molar-refractivity contribution in [1.82, 2.24) is 9.80 Å². The molecule has 19 heavy (non-hydrogen) atoms. The van der Waals surface area contributed by atoms with Gasteiger partial charge in [0, 0.05) is 18.6 Å². The molecular weight excluding hydrogens is 244 g/mol. The Morgan fingerprint density at radius 2 is 1.89 bits per heavy atom. The van der Waals surface area contributed by atoms with Crippen molar-refractivity contribution >= 4 is 11.9 Å². The molecule has 0 aromatic carbocycles. The van der Waals surface area contributed by atoms with Crippen LogP contribution in [0.3, 0.4) is 0 Å². The largest absolute Gasteiger partial charge is 0.481 e. The number of hydrogen-bond donors (Lipinski definition) is 1. The van der Waals surface area contributed by atoms with E-state index in [2.05, 4.69) is 6.92 Å². The van der Waals surface area contributed by atoms with E-state index in [0.717, 1.165) is 19.4 Å². The number of piperidine rings is 1. The van der Waals surface area contributed by atoms with Gasteiger partial charge in [0.2, 0.25) is 5.91 Å². The van der Waals surface area contributed by atoms with Crippen LogP contribution in [0.5, 0.6) is 0 Å². The summed E-state index contributed by atoms with van der Waals surface area (Å²) >= 11 is 0. The van der Waals surface area contributed by atoms with E-state index in [4.69, 9.17) is 5.11 Å². The van der Waals surface area contributed by atoms with Crippen molar-refractivity contribution in [3.05, 3.63) is 0 Å². The summed E-state index contributed by atoms with van der Waals surface area (Å²) in [4.78, 5) is 27.4. The van der Waals surface area contributed by atoms with E-state index in [0.29, 0.717) is 25.6 Å². The second-order valence-electron chi connectivity index (χ2n) is 5.88. The molecule has 0 bridgehead atoms. The Morgan fingerprint density at radius 3 is 2.47 bits per heavy atom. The zero-order valence-electron chi connectivity index (χ0n) is 11.8. The van der Waals surface area contributed by atoms with Crippen LogP contribution in [-0.2, 0) is 9.59 Å². The molecule has 5 heteroatoms. The first-order valence-electron chi connectivity index (χ1n) is 7.27. The minimum Gasteiger partial charge on any atom is -0.481 e. The number of amides is 1. The first-order chi connectivity index (χ1) is 9.00. The topological polar surface area (TPSA) is 60.9 Å². The van der Waals surface area contributed by atoms with Gasteiger partial charge in [0.25, 0.3) is 0 Å². The number of carbonyl (C=O) groups excluding carboxylic acids is 1. The number of hydrogen-bond acceptors (Lipinski definition) is 3. The molecule has 0 aliphatic carbocycles. The summed E-state index contributed by atoms with van der Waals surface area (Å²) in [6, 6.07) is 0.288. The minimum atomic E-state index is -0.742. The van der Waals surface area contributed by atoms with Gasteiger partial charge in [-0.3, -0.25) is 14.5 Å². The Morgan fingerprint density at radius 1 is 1.16 bits per heavy atom. The average molecular weight is 268 g/mol. The van der Waals surface area contributed by atoms with Crippen molar-refractivity contribution in [1.29, 1.82) is 0 Å². The Labute approximate surface area is 114 Å². The number of carboxylic acid groups (broad SMARTS) is 1. The van der Waals surface area contributed by atoms with Crippen molar-refractivity contribution < 1.29 is 14.7 Å². The fourth-order valence-corrected chi connectivity index (χ4v) is 3.29. The van der Waals surface area contributed by atoms with Gasteiger partial charge in [0.05, 0.1) is 12.5 Å². The smallest absolute Gasteiger partial charge is 0.308 e. The SMILES string of the molecule is CC1C(C(=O)O)CCN1CC(=O)N1CCCCC1C. The third-order valence-corrected chi connectivity index (χ3v) is 4.66. The van der Waals surface area contributed by atoms with Crippen LogP contribution in [0, 0.1) is 5.92 Å². The molecule has 1 N–H and O–H groups in total. The van der Waals surface area contributed by atoms with Crippen LogP contribution in [-0.4, -0.2) is 58.5 Å². The van der Waals surface area contributed by atoms with E-state index < -0.39 is 5.97 Å². The summed E-state index contributed by atoms with van der Waals surface area (Å²) in [5.41, 5.74) is 0. The van der Waals surface area contributed by atoms with E-state index in [9.17, 15) is 9.59 Å². The zero-order chi connectivity index (χ0) is 14.0. The van der Waals surface area contributed by atoms with Crippen LogP contribution in [0.2, 0.25) is 0 Å². The Kier molecular flexibility index (Phi) is 4.45. The lowest BCUT2D eigenvalue weighted by atomic mass is 10.0. The zero-order valence-corrected chi connectivity index (χ0v) is 11.8. The molecule has 0 spiro atoms. The van der Waals surface area contributed by atoms with Crippen molar-refractivity contribution in [2.24, 2.45) is 5.92 Å². The molecule has 1 amide bonds. The molecule has 108 valence electrons. The Balaban J connectivity index is 1.90. The van der Waals surface area contributed by atoms with E-state index in [1.807, 2.05) is 16.7 Å². The molecule has 3 unspecified atom stereocenters. The van der Waals surface area contributed by atoms with Gasteiger partial charge >= 0.3 is 5.97 Å². The summed E-state index contributed by atoms with van der Waals surface area (Å²) in [5, 5.41) is 9.10. The van der Waals surface area contributed by atoms with Crippen LogP contribution in [0.25, 0.3) is 0 Å². The van der Waals surface area contributed by atoms with Crippen LogP contribution in [0.15, 0.2) is 0 Å².